The third kappa shape index (κ3) is 3.70. The lowest BCUT2D eigenvalue weighted by Gasteiger charge is -2.39. The van der Waals surface area contributed by atoms with Crippen LogP contribution in [0.15, 0.2) is 29.2 Å². The van der Waals surface area contributed by atoms with E-state index in [1.165, 1.54) is 32.1 Å². The van der Waals surface area contributed by atoms with Crippen LogP contribution in [0.5, 0.6) is 5.75 Å². The monoisotopic (exact) mass is 360 g/mol. The Bertz CT molecular complexity index is 790. The van der Waals surface area contributed by atoms with E-state index in [0.717, 1.165) is 37.4 Å². The first-order chi connectivity index (χ1) is 12.2. The van der Waals surface area contributed by atoms with Gasteiger partial charge in [0.1, 0.15) is 11.9 Å². The highest BCUT2D eigenvalue weighted by molar-refractivity contribution is 6.32. The van der Waals surface area contributed by atoms with Crippen molar-refractivity contribution in [3.05, 3.63) is 39.8 Å². The molecule has 1 aliphatic heterocycles. The summed E-state index contributed by atoms with van der Waals surface area (Å²) in [4.78, 5) is 17.2. The van der Waals surface area contributed by atoms with E-state index < -0.39 is 0 Å². The molecule has 0 amide bonds. The lowest BCUT2D eigenvalue weighted by Crippen LogP contribution is -2.44. The smallest absolute Gasteiger partial charge is 0.255 e. The molecule has 1 aromatic heterocycles. The Morgan fingerprint density at radius 1 is 1.08 bits per heavy atom. The van der Waals surface area contributed by atoms with E-state index in [0.29, 0.717) is 16.2 Å². The van der Waals surface area contributed by atoms with Crippen LogP contribution < -0.4 is 10.3 Å². The van der Waals surface area contributed by atoms with E-state index >= 15 is 0 Å². The van der Waals surface area contributed by atoms with Gasteiger partial charge in [-0.2, -0.15) is 0 Å². The molecule has 25 heavy (non-hydrogen) atoms. The molecule has 5 heteroatoms. The number of ether oxygens (including phenoxy) is 1. The van der Waals surface area contributed by atoms with Gasteiger partial charge in [-0.05, 0) is 49.3 Å². The van der Waals surface area contributed by atoms with Crippen LogP contribution in [0.3, 0.4) is 0 Å². The molecule has 2 aliphatic rings. The molecule has 0 atom stereocenters. The lowest BCUT2D eigenvalue weighted by molar-refractivity contribution is 0.0632. The molecule has 2 fully saturated rings. The van der Waals surface area contributed by atoms with Crippen molar-refractivity contribution in [2.24, 2.45) is 0 Å². The molecule has 134 valence electrons. The van der Waals surface area contributed by atoms with Gasteiger partial charge in [0.05, 0.1) is 5.02 Å². The second kappa shape index (κ2) is 7.38. The number of pyridine rings is 1. The summed E-state index contributed by atoms with van der Waals surface area (Å²) in [7, 11) is 0. The van der Waals surface area contributed by atoms with Gasteiger partial charge < -0.3 is 14.6 Å². The Kier molecular flexibility index (Phi) is 5.00. The van der Waals surface area contributed by atoms with E-state index in [9.17, 15) is 4.79 Å². The number of piperidine rings is 1. The SMILES string of the molecule is O=c1[nH]ccc2cc(OC3CCN(C4CCCCC4)CC3)c(Cl)cc12. The van der Waals surface area contributed by atoms with Crippen LogP contribution in [-0.4, -0.2) is 35.1 Å². The number of rotatable bonds is 3. The predicted octanol–water partition coefficient (Wildman–Crippen LogP) is 4.36. The maximum atomic E-state index is 11.9. The van der Waals surface area contributed by atoms with Crippen molar-refractivity contribution in [3.8, 4) is 5.75 Å². The molecule has 4 nitrogen and oxygen atoms in total. The summed E-state index contributed by atoms with van der Waals surface area (Å²) in [6.45, 7) is 2.22. The van der Waals surface area contributed by atoms with Gasteiger partial charge in [-0.25, -0.2) is 0 Å². The van der Waals surface area contributed by atoms with Crippen LogP contribution in [0.1, 0.15) is 44.9 Å². The quantitative estimate of drug-likeness (QED) is 0.884. The molecule has 0 radical (unpaired) electrons. The average molecular weight is 361 g/mol. The van der Waals surface area contributed by atoms with Gasteiger partial charge >= 0.3 is 0 Å². The van der Waals surface area contributed by atoms with Crippen LogP contribution in [0.2, 0.25) is 5.02 Å². The summed E-state index contributed by atoms with van der Waals surface area (Å²) in [6, 6.07) is 6.26. The first-order valence-electron chi connectivity index (χ1n) is 9.42. The van der Waals surface area contributed by atoms with Gasteiger partial charge in [0.15, 0.2) is 0 Å². The van der Waals surface area contributed by atoms with Crippen molar-refractivity contribution < 1.29 is 4.74 Å². The summed E-state index contributed by atoms with van der Waals surface area (Å²) in [6.07, 6.45) is 10.8. The molecule has 0 spiro atoms. The van der Waals surface area contributed by atoms with E-state index in [1.807, 2.05) is 12.1 Å². The molecular formula is C20H25ClN2O2. The maximum absolute atomic E-state index is 11.9. The number of hydrogen-bond acceptors (Lipinski definition) is 3. The molecule has 1 N–H and O–H groups in total. The third-order valence-corrected chi connectivity index (χ3v) is 5.98. The van der Waals surface area contributed by atoms with E-state index in [-0.39, 0.29) is 11.7 Å². The van der Waals surface area contributed by atoms with Gasteiger partial charge in [-0.15, -0.1) is 0 Å². The molecule has 1 saturated heterocycles. The van der Waals surface area contributed by atoms with Crippen molar-refractivity contribution in [2.75, 3.05) is 13.1 Å². The number of likely N-dealkylation sites (tertiary alicyclic amines) is 1. The molecular weight excluding hydrogens is 336 g/mol. The zero-order valence-electron chi connectivity index (χ0n) is 14.5. The second-order valence-electron chi connectivity index (χ2n) is 7.32. The van der Waals surface area contributed by atoms with Gasteiger partial charge in [0.25, 0.3) is 5.56 Å². The Hall–Kier alpha value is -1.52. The van der Waals surface area contributed by atoms with Crippen LogP contribution >= 0.6 is 11.6 Å². The summed E-state index contributed by atoms with van der Waals surface area (Å²) < 4.78 is 6.20. The first kappa shape index (κ1) is 16.9. The second-order valence-corrected chi connectivity index (χ2v) is 7.73. The summed E-state index contributed by atoms with van der Waals surface area (Å²) in [5.41, 5.74) is -0.119. The zero-order valence-corrected chi connectivity index (χ0v) is 15.2. The molecule has 1 aromatic carbocycles. The van der Waals surface area contributed by atoms with Crippen molar-refractivity contribution in [1.82, 2.24) is 9.88 Å². The molecule has 0 bridgehead atoms. The fraction of sp³-hybridized carbons (Fsp3) is 0.550. The van der Waals surface area contributed by atoms with Crippen LogP contribution in [0.4, 0.5) is 0 Å². The topological polar surface area (TPSA) is 45.3 Å². The highest BCUT2D eigenvalue weighted by atomic mass is 35.5. The van der Waals surface area contributed by atoms with E-state index in [2.05, 4.69) is 9.88 Å². The minimum atomic E-state index is -0.119. The number of fused-ring (bicyclic) bond motifs is 1. The molecule has 0 unspecified atom stereocenters. The Labute approximate surface area is 153 Å². The van der Waals surface area contributed by atoms with Gasteiger partial charge in [-0.3, -0.25) is 4.79 Å². The summed E-state index contributed by atoms with van der Waals surface area (Å²) >= 11 is 6.36. The van der Waals surface area contributed by atoms with Crippen LogP contribution in [0, 0.1) is 0 Å². The average Bonchev–Trinajstić information content (AvgIpc) is 2.65. The van der Waals surface area contributed by atoms with E-state index in [1.54, 1.807) is 12.3 Å². The lowest BCUT2D eigenvalue weighted by atomic mass is 9.92. The van der Waals surface area contributed by atoms with Gasteiger partial charge in [0.2, 0.25) is 0 Å². The highest BCUT2D eigenvalue weighted by Crippen LogP contribution is 2.32. The van der Waals surface area contributed by atoms with Crippen molar-refractivity contribution in [2.45, 2.75) is 57.1 Å². The van der Waals surface area contributed by atoms with Gasteiger partial charge in [-0.1, -0.05) is 30.9 Å². The van der Waals surface area contributed by atoms with Crippen LogP contribution in [0.25, 0.3) is 10.8 Å². The Morgan fingerprint density at radius 3 is 2.60 bits per heavy atom. The number of benzene rings is 1. The Balaban J connectivity index is 1.42. The fourth-order valence-electron chi connectivity index (χ4n) is 4.26. The fourth-order valence-corrected chi connectivity index (χ4v) is 4.47. The van der Waals surface area contributed by atoms with E-state index in [4.69, 9.17) is 16.3 Å². The van der Waals surface area contributed by atoms with Gasteiger partial charge in [0, 0.05) is 30.7 Å². The van der Waals surface area contributed by atoms with Crippen LogP contribution in [-0.2, 0) is 0 Å². The molecule has 4 rings (SSSR count). The number of halogens is 1. The van der Waals surface area contributed by atoms with Crippen molar-refractivity contribution in [3.63, 3.8) is 0 Å². The summed E-state index contributed by atoms with van der Waals surface area (Å²) in [5.74, 6) is 0.691. The third-order valence-electron chi connectivity index (χ3n) is 5.69. The number of hydrogen-bond donors (Lipinski definition) is 1. The summed E-state index contributed by atoms with van der Waals surface area (Å²) in [5, 5.41) is 1.98. The first-order valence-corrected chi connectivity index (χ1v) is 9.80. The highest BCUT2D eigenvalue weighted by Gasteiger charge is 2.27. The number of nitrogens with zero attached hydrogens (tertiary/aromatic N) is 1. The van der Waals surface area contributed by atoms with Crippen molar-refractivity contribution in [1.29, 1.82) is 0 Å². The molecule has 2 aromatic rings. The molecule has 1 saturated carbocycles. The number of H-pyrrole nitrogens is 1. The minimum Gasteiger partial charge on any atom is -0.489 e. The minimum absolute atomic E-state index is 0.119. The number of aromatic amines is 1. The van der Waals surface area contributed by atoms with Crippen molar-refractivity contribution >= 4 is 22.4 Å². The Morgan fingerprint density at radius 2 is 1.84 bits per heavy atom. The maximum Gasteiger partial charge on any atom is 0.255 e. The molecule has 2 heterocycles. The predicted molar refractivity (Wildman–Crippen MR) is 102 cm³/mol. The standard InChI is InChI=1S/C20H25ClN2O2/c21-18-13-17-14(6-9-22-20(17)24)12-19(18)25-16-7-10-23(11-8-16)15-4-2-1-3-5-15/h6,9,12-13,15-16H,1-5,7-8,10-11H2,(H,22,24). The zero-order chi connectivity index (χ0) is 17.2. The number of nitrogens with one attached hydrogen (secondary N) is 1. The molecule has 1 aliphatic carbocycles. The largest absolute Gasteiger partial charge is 0.489 e. The normalized spacial score (nSPS) is 20.8. The number of aromatic nitrogens is 1.